The second-order valence-corrected chi connectivity index (χ2v) is 5.18. The molecule has 21 heavy (non-hydrogen) atoms. The van der Waals surface area contributed by atoms with Crippen LogP contribution in [0, 0.1) is 20.8 Å². The topological polar surface area (TPSA) is 67.8 Å². The van der Waals surface area contributed by atoms with E-state index >= 15 is 0 Å². The van der Waals surface area contributed by atoms with Crippen LogP contribution in [-0.2, 0) is 6.61 Å². The molecule has 0 aliphatic carbocycles. The summed E-state index contributed by atoms with van der Waals surface area (Å²) in [5.74, 6) is 1.01. The molecule has 0 atom stereocenters. The number of nitrogens with two attached hydrogens (primary N) is 1. The quantitative estimate of drug-likeness (QED) is 0.392. The molecule has 2 rings (SSSR count). The Balaban J connectivity index is 2.15. The van der Waals surface area contributed by atoms with Gasteiger partial charge in [0.15, 0.2) is 5.84 Å². The summed E-state index contributed by atoms with van der Waals surface area (Å²) in [6.45, 7) is 6.55. The van der Waals surface area contributed by atoms with E-state index in [1.807, 2.05) is 45.0 Å². The summed E-state index contributed by atoms with van der Waals surface area (Å²) in [6, 6.07) is 11.8. The highest BCUT2D eigenvalue weighted by atomic mass is 16.5. The van der Waals surface area contributed by atoms with Crippen LogP contribution in [-0.4, -0.2) is 11.0 Å². The molecule has 0 radical (unpaired) electrons. The molecule has 0 heterocycles. The number of hydrogen-bond acceptors (Lipinski definition) is 3. The lowest BCUT2D eigenvalue weighted by Crippen LogP contribution is -2.13. The van der Waals surface area contributed by atoms with Crippen molar-refractivity contribution in [1.29, 1.82) is 0 Å². The first kappa shape index (κ1) is 14.9. The predicted octanol–water partition coefficient (Wildman–Crippen LogP) is 3.29. The molecule has 0 aromatic heterocycles. The van der Waals surface area contributed by atoms with Crippen molar-refractivity contribution in [2.75, 3.05) is 0 Å². The summed E-state index contributed by atoms with van der Waals surface area (Å²) in [5, 5.41) is 11.7. The molecular weight excluding hydrogens is 264 g/mol. The lowest BCUT2D eigenvalue weighted by Gasteiger charge is -2.12. The van der Waals surface area contributed by atoms with Crippen molar-refractivity contribution in [1.82, 2.24) is 0 Å². The first-order valence-corrected chi connectivity index (χ1v) is 6.78. The second-order valence-electron chi connectivity index (χ2n) is 5.18. The van der Waals surface area contributed by atoms with Crippen LogP contribution in [0.1, 0.15) is 27.8 Å². The van der Waals surface area contributed by atoms with E-state index in [0.717, 1.165) is 22.4 Å². The molecule has 0 spiro atoms. The van der Waals surface area contributed by atoms with Gasteiger partial charge in [0.05, 0.1) is 0 Å². The third kappa shape index (κ3) is 3.54. The highest BCUT2D eigenvalue weighted by Gasteiger charge is 2.06. The molecule has 4 heteroatoms. The minimum Gasteiger partial charge on any atom is -0.489 e. The number of oxime groups is 1. The summed E-state index contributed by atoms with van der Waals surface area (Å²) in [6.07, 6.45) is 0. The standard InChI is InChI=1S/C17H20N2O2/c1-11-4-5-12(2)16(8-11)21-10-15-7-6-14(9-13(15)3)17(18)19-20/h4-9,20H,10H2,1-3H3,(H2,18,19). The lowest BCUT2D eigenvalue weighted by molar-refractivity contribution is 0.303. The molecule has 0 unspecified atom stereocenters. The van der Waals surface area contributed by atoms with Gasteiger partial charge in [-0.05, 0) is 55.2 Å². The number of benzene rings is 2. The minimum absolute atomic E-state index is 0.111. The molecule has 3 N–H and O–H groups in total. The van der Waals surface area contributed by atoms with Crippen molar-refractivity contribution >= 4 is 5.84 Å². The van der Waals surface area contributed by atoms with Gasteiger partial charge in [-0.25, -0.2) is 0 Å². The van der Waals surface area contributed by atoms with Crippen LogP contribution >= 0.6 is 0 Å². The first-order chi connectivity index (χ1) is 10.0. The maximum absolute atomic E-state index is 8.70. The third-order valence-corrected chi connectivity index (χ3v) is 3.47. The molecule has 0 saturated carbocycles. The summed E-state index contributed by atoms with van der Waals surface area (Å²) >= 11 is 0. The lowest BCUT2D eigenvalue weighted by atomic mass is 10.1. The fourth-order valence-corrected chi connectivity index (χ4v) is 2.09. The van der Waals surface area contributed by atoms with E-state index in [1.54, 1.807) is 0 Å². The first-order valence-electron chi connectivity index (χ1n) is 6.78. The Labute approximate surface area is 124 Å². The fourth-order valence-electron chi connectivity index (χ4n) is 2.09. The van der Waals surface area contributed by atoms with E-state index < -0.39 is 0 Å². The Morgan fingerprint density at radius 3 is 2.52 bits per heavy atom. The average Bonchev–Trinajstić information content (AvgIpc) is 2.48. The van der Waals surface area contributed by atoms with Gasteiger partial charge >= 0.3 is 0 Å². The molecule has 0 bridgehead atoms. The maximum Gasteiger partial charge on any atom is 0.170 e. The van der Waals surface area contributed by atoms with Crippen LogP contribution in [0.25, 0.3) is 0 Å². The van der Waals surface area contributed by atoms with Gasteiger partial charge in [0.2, 0.25) is 0 Å². The van der Waals surface area contributed by atoms with Crippen molar-refractivity contribution in [3.63, 3.8) is 0 Å². The van der Waals surface area contributed by atoms with Crippen LogP contribution in [0.5, 0.6) is 5.75 Å². The Morgan fingerprint density at radius 2 is 1.86 bits per heavy atom. The smallest absolute Gasteiger partial charge is 0.170 e. The number of aryl methyl sites for hydroxylation is 3. The fraction of sp³-hybridized carbons (Fsp3) is 0.235. The zero-order valence-electron chi connectivity index (χ0n) is 12.6. The van der Waals surface area contributed by atoms with E-state index in [1.165, 1.54) is 5.56 Å². The zero-order valence-corrected chi connectivity index (χ0v) is 12.6. The van der Waals surface area contributed by atoms with Gasteiger partial charge in [0.25, 0.3) is 0 Å². The normalized spacial score (nSPS) is 11.5. The number of amidine groups is 1. The second kappa shape index (κ2) is 6.31. The third-order valence-electron chi connectivity index (χ3n) is 3.47. The monoisotopic (exact) mass is 284 g/mol. The molecule has 0 amide bonds. The summed E-state index contributed by atoms with van der Waals surface area (Å²) in [5.41, 5.74) is 10.7. The number of rotatable bonds is 4. The molecule has 0 aliphatic rings. The Kier molecular flexibility index (Phi) is 4.48. The molecular formula is C17H20N2O2. The summed E-state index contributed by atoms with van der Waals surface area (Å²) in [7, 11) is 0. The maximum atomic E-state index is 8.70. The molecule has 110 valence electrons. The van der Waals surface area contributed by atoms with Gasteiger partial charge in [-0.1, -0.05) is 29.4 Å². The molecule has 4 nitrogen and oxygen atoms in total. The highest BCUT2D eigenvalue weighted by Crippen LogP contribution is 2.21. The minimum atomic E-state index is 0.111. The molecule has 0 saturated heterocycles. The molecule has 0 aliphatic heterocycles. The summed E-state index contributed by atoms with van der Waals surface area (Å²) in [4.78, 5) is 0. The van der Waals surface area contributed by atoms with E-state index in [2.05, 4.69) is 17.3 Å². The van der Waals surface area contributed by atoms with Gasteiger partial charge in [0, 0.05) is 5.56 Å². The molecule has 2 aromatic rings. The number of ether oxygens (including phenoxy) is 1. The number of hydrogen-bond donors (Lipinski definition) is 2. The van der Waals surface area contributed by atoms with Crippen LogP contribution < -0.4 is 10.5 Å². The van der Waals surface area contributed by atoms with E-state index in [0.29, 0.717) is 12.2 Å². The van der Waals surface area contributed by atoms with Gasteiger partial charge in [-0.3, -0.25) is 0 Å². The van der Waals surface area contributed by atoms with Crippen LogP contribution in [0.2, 0.25) is 0 Å². The molecule has 0 fully saturated rings. The predicted molar refractivity (Wildman–Crippen MR) is 83.9 cm³/mol. The summed E-state index contributed by atoms with van der Waals surface area (Å²) < 4.78 is 5.90. The van der Waals surface area contributed by atoms with E-state index in [9.17, 15) is 0 Å². The van der Waals surface area contributed by atoms with E-state index in [4.69, 9.17) is 15.7 Å². The highest BCUT2D eigenvalue weighted by molar-refractivity contribution is 5.97. The van der Waals surface area contributed by atoms with Gasteiger partial charge in [-0.15, -0.1) is 0 Å². The van der Waals surface area contributed by atoms with Crippen molar-refractivity contribution < 1.29 is 9.94 Å². The Hall–Kier alpha value is -2.49. The number of nitrogens with zero attached hydrogens (tertiary/aromatic N) is 1. The van der Waals surface area contributed by atoms with Crippen molar-refractivity contribution in [2.24, 2.45) is 10.9 Å². The Morgan fingerprint density at radius 1 is 1.10 bits per heavy atom. The van der Waals surface area contributed by atoms with Gasteiger partial charge in [-0.2, -0.15) is 0 Å². The van der Waals surface area contributed by atoms with Crippen molar-refractivity contribution in [2.45, 2.75) is 27.4 Å². The van der Waals surface area contributed by atoms with Crippen LogP contribution in [0.15, 0.2) is 41.6 Å². The van der Waals surface area contributed by atoms with Crippen LogP contribution in [0.4, 0.5) is 0 Å². The Bertz CT molecular complexity index is 678. The van der Waals surface area contributed by atoms with Crippen molar-refractivity contribution in [3.05, 3.63) is 64.2 Å². The average molecular weight is 284 g/mol. The van der Waals surface area contributed by atoms with Crippen LogP contribution in [0.3, 0.4) is 0 Å². The zero-order chi connectivity index (χ0) is 15.4. The SMILES string of the molecule is Cc1ccc(C)c(OCc2ccc(/C(N)=N/O)cc2C)c1. The van der Waals surface area contributed by atoms with Crippen molar-refractivity contribution in [3.8, 4) is 5.75 Å². The van der Waals surface area contributed by atoms with Gasteiger partial charge < -0.3 is 15.7 Å². The molecule has 2 aromatic carbocycles. The largest absolute Gasteiger partial charge is 0.489 e. The van der Waals surface area contributed by atoms with Gasteiger partial charge in [0.1, 0.15) is 12.4 Å². The van der Waals surface area contributed by atoms with E-state index in [-0.39, 0.29) is 5.84 Å².